The van der Waals surface area contributed by atoms with E-state index >= 15 is 0 Å². The summed E-state index contributed by atoms with van der Waals surface area (Å²) < 4.78 is 0. The molecule has 0 saturated heterocycles. The molecular weight excluding hydrogens is 374 g/mol. The second-order valence-corrected chi connectivity index (χ2v) is 7.90. The first-order valence-electron chi connectivity index (χ1n) is 9.23. The van der Waals surface area contributed by atoms with Crippen LogP contribution in [0.3, 0.4) is 0 Å². The van der Waals surface area contributed by atoms with Crippen LogP contribution in [0.2, 0.25) is 0 Å². The summed E-state index contributed by atoms with van der Waals surface area (Å²) in [4.78, 5) is 16.3. The van der Waals surface area contributed by atoms with Crippen LogP contribution >= 0.6 is 11.3 Å². The zero-order valence-electron chi connectivity index (χ0n) is 15.5. The smallest absolute Gasteiger partial charge is 0.232 e. The molecule has 0 aromatic carbocycles. The van der Waals surface area contributed by atoms with Gasteiger partial charge in [-0.15, -0.1) is 15.3 Å². The van der Waals surface area contributed by atoms with Gasteiger partial charge in [0.15, 0.2) is 0 Å². The van der Waals surface area contributed by atoms with Gasteiger partial charge in [0, 0.05) is 24.9 Å². The molecule has 1 amide bonds. The molecule has 0 radical (unpaired) electrons. The molecule has 0 aliphatic heterocycles. The molecule has 0 bridgehead atoms. The van der Waals surface area contributed by atoms with E-state index in [0.29, 0.717) is 17.0 Å². The maximum atomic E-state index is 12.1. The lowest BCUT2D eigenvalue weighted by molar-refractivity contribution is -0.115. The number of carbonyl (C=O) groups is 1. The van der Waals surface area contributed by atoms with Crippen molar-refractivity contribution in [1.82, 2.24) is 25.4 Å². The Hall–Kier alpha value is -2.94. The molecule has 0 atom stereocenters. The number of anilines is 2. The van der Waals surface area contributed by atoms with Crippen LogP contribution in [0.5, 0.6) is 0 Å². The number of nitrogens with zero attached hydrogens (tertiary/aromatic N) is 5. The number of aromatic nitrogens is 5. The molecule has 4 rings (SSSR count). The summed E-state index contributed by atoms with van der Waals surface area (Å²) in [6.07, 6.45) is 4.96. The van der Waals surface area contributed by atoms with Crippen molar-refractivity contribution < 1.29 is 4.79 Å². The summed E-state index contributed by atoms with van der Waals surface area (Å²) >= 11 is 1.46. The fourth-order valence-corrected chi connectivity index (χ4v) is 4.17. The second-order valence-electron chi connectivity index (χ2n) is 6.89. The first-order chi connectivity index (χ1) is 13.7. The molecular formula is C19H21N7OS. The highest BCUT2D eigenvalue weighted by Gasteiger charge is 2.33. The van der Waals surface area contributed by atoms with Crippen molar-refractivity contribution >= 4 is 28.2 Å². The monoisotopic (exact) mass is 395 g/mol. The normalized spacial score (nSPS) is 18.3. The minimum Gasteiger partial charge on any atom is -0.372 e. The van der Waals surface area contributed by atoms with E-state index in [2.05, 4.69) is 36.0 Å². The van der Waals surface area contributed by atoms with Crippen molar-refractivity contribution in [3.05, 3.63) is 52.9 Å². The van der Waals surface area contributed by atoms with Gasteiger partial charge in [-0.05, 0) is 49.4 Å². The van der Waals surface area contributed by atoms with Gasteiger partial charge in [0.2, 0.25) is 11.0 Å². The molecule has 144 valence electrons. The number of hydrogen-bond donors (Lipinski definition) is 2. The summed E-state index contributed by atoms with van der Waals surface area (Å²) in [6.45, 7) is 0. The SMILES string of the molecule is CNc1ccc(C[C@H]2C[C@@H](c3nnc(NC(=O)Cc4ccccn4)s3)C2)nn1. The van der Waals surface area contributed by atoms with E-state index in [1.54, 1.807) is 6.20 Å². The fraction of sp³-hybridized carbons (Fsp3) is 0.368. The van der Waals surface area contributed by atoms with Crippen LogP contribution in [0.25, 0.3) is 0 Å². The van der Waals surface area contributed by atoms with Crippen LogP contribution in [0.15, 0.2) is 36.5 Å². The van der Waals surface area contributed by atoms with Gasteiger partial charge in [-0.2, -0.15) is 5.10 Å². The van der Waals surface area contributed by atoms with Crippen molar-refractivity contribution in [2.45, 2.75) is 31.6 Å². The minimum absolute atomic E-state index is 0.128. The van der Waals surface area contributed by atoms with E-state index in [-0.39, 0.29) is 12.3 Å². The van der Waals surface area contributed by atoms with Crippen LogP contribution in [0.4, 0.5) is 10.9 Å². The Morgan fingerprint density at radius 3 is 2.71 bits per heavy atom. The summed E-state index contributed by atoms with van der Waals surface area (Å²) in [5, 5.41) is 24.1. The molecule has 1 aliphatic rings. The molecule has 3 aromatic rings. The lowest BCUT2D eigenvalue weighted by Gasteiger charge is -2.33. The Morgan fingerprint density at radius 2 is 2.00 bits per heavy atom. The number of nitrogens with one attached hydrogen (secondary N) is 2. The highest BCUT2D eigenvalue weighted by atomic mass is 32.1. The third kappa shape index (κ3) is 4.48. The number of carbonyl (C=O) groups excluding carboxylic acids is 1. The minimum atomic E-state index is -0.128. The van der Waals surface area contributed by atoms with Crippen molar-refractivity contribution in [2.24, 2.45) is 5.92 Å². The first kappa shape index (κ1) is 18.4. The van der Waals surface area contributed by atoms with E-state index in [0.717, 1.165) is 41.5 Å². The maximum absolute atomic E-state index is 12.1. The van der Waals surface area contributed by atoms with Crippen LogP contribution in [-0.2, 0) is 17.6 Å². The van der Waals surface area contributed by atoms with Crippen LogP contribution in [0.1, 0.15) is 35.2 Å². The summed E-state index contributed by atoms with van der Waals surface area (Å²) in [7, 11) is 1.83. The lowest BCUT2D eigenvalue weighted by atomic mass is 9.73. The summed E-state index contributed by atoms with van der Waals surface area (Å²) in [5.74, 6) is 1.65. The van der Waals surface area contributed by atoms with Gasteiger partial charge >= 0.3 is 0 Å². The van der Waals surface area contributed by atoms with Crippen molar-refractivity contribution in [2.75, 3.05) is 17.7 Å². The van der Waals surface area contributed by atoms with Gasteiger partial charge in [-0.3, -0.25) is 9.78 Å². The number of hydrogen-bond acceptors (Lipinski definition) is 8. The third-order valence-electron chi connectivity index (χ3n) is 4.81. The topological polar surface area (TPSA) is 106 Å². The Balaban J connectivity index is 1.25. The van der Waals surface area contributed by atoms with E-state index in [4.69, 9.17) is 0 Å². The van der Waals surface area contributed by atoms with Crippen LogP contribution in [0, 0.1) is 5.92 Å². The molecule has 0 unspecified atom stereocenters. The average molecular weight is 395 g/mol. The Morgan fingerprint density at radius 1 is 1.11 bits per heavy atom. The Kier molecular flexibility index (Phi) is 5.52. The molecule has 8 nitrogen and oxygen atoms in total. The van der Waals surface area contributed by atoms with E-state index in [1.807, 2.05) is 37.4 Å². The van der Waals surface area contributed by atoms with Gasteiger partial charge in [0.25, 0.3) is 0 Å². The predicted octanol–water partition coefficient (Wildman–Crippen LogP) is 2.68. The quantitative estimate of drug-likeness (QED) is 0.633. The molecule has 3 heterocycles. The average Bonchev–Trinajstić information content (AvgIpc) is 3.13. The summed E-state index contributed by atoms with van der Waals surface area (Å²) in [5.41, 5.74) is 1.75. The lowest BCUT2D eigenvalue weighted by Crippen LogP contribution is -2.24. The molecule has 1 aliphatic carbocycles. The first-order valence-corrected chi connectivity index (χ1v) is 10.0. The molecule has 1 saturated carbocycles. The molecule has 28 heavy (non-hydrogen) atoms. The maximum Gasteiger partial charge on any atom is 0.232 e. The molecule has 2 N–H and O–H groups in total. The zero-order chi connectivity index (χ0) is 19.3. The van der Waals surface area contributed by atoms with E-state index < -0.39 is 0 Å². The molecule has 9 heteroatoms. The zero-order valence-corrected chi connectivity index (χ0v) is 16.3. The van der Waals surface area contributed by atoms with E-state index in [1.165, 1.54) is 11.3 Å². The molecule has 1 fully saturated rings. The summed E-state index contributed by atoms with van der Waals surface area (Å²) in [6, 6.07) is 9.49. The predicted molar refractivity (Wildman–Crippen MR) is 107 cm³/mol. The number of amides is 1. The number of pyridine rings is 1. The van der Waals surface area contributed by atoms with Crippen LogP contribution < -0.4 is 10.6 Å². The molecule has 3 aromatic heterocycles. The highest BCUT2D eigenvalue weighted by molar-refractivity contribution is 7.15. The second kappa shape index (κ2) is 8.39. The van der Waals surface area contributed by atoms with Gasteiger partial charge in [0.05, 0.1) is 12.1 Å². The fourth-order valence-electron chi connectivity index (χ4n) is 3.28. The van der Waals surface area contributed by atoms with Crippen molar-refractivity contribution in [3.8, 4) is 0 Å². The van der Waals surface area contributed by atoms with Gasteiger partial charge in [-0.1, -0.05) is 17.4 Å². The highest BCUT2D eigenvalue weighted by Crippen LogP contribution is 2.44. The van der Waals surface area contributed by atoms with Gasteiger partial charge < -0.3 is 10.6 Å². The van der Waals surface area contributed by atoms with Crippen molar-refractivity contribution in [1.29, 1.82) is 0 Å². The van der Waals surface area contributed by atoms with Crippen molar-refractivity contribution in [3.63, 3.8) is 0 Å². The van der Waals surface area contributed by atoms with Crippen LogP contribution in [-0.4, -0.2) is 38.3 Å². The third-order valence-corrected chi connectivity index (χ3v) is 5.81. The largest absolute Gasteiger partial charge is 0.372 e. The van der Waals surface area contributed by atoms with Gasteiger partial charge in [0.1, 0.15) is 10.8 Å². The Bertz CT molecular complexity index is 923. The Labute approximate surface area is 166 Å². The standard InChI is InChI=1S/C19H21N7OS/c1-20-16-6-5-15(23-24-16)10-12-8-13(9-12)18-25-26-19(28-18)22-17(27)11-14-4-2-3-7-21-14/h2-7,12-13H,8-11H2,1H3,(H,20,24)(H,22,26,27)/t12-,13+. The van der Waals surface area contributed by atoms with Gasteiger partial charge in [-0.25, -0.2) is 0 Å². The number of rotatable bonds is 7. The molecule has 0 spiro atoms. The van der Waals surface area contributed by atoms with E-state index in [9.17, 15) is 4.79 Å².